The second-order valence-electron chi connectivity index (χ2n) is 4.17. The van der Waals surface area contributed by atoms with Crippen LogP contribution in [0.2, 0.25) is 10.0 Å². The monoisotopic (exact) mass is 355 g/mol. The zero-order chi connectivity index (χ0) is 17.1. The van der Waals surface area contributed by atoms with Gasteiger partial charge >= 0.3 is 6.16 Å². The van der Waals surface area contributed by atoms with Crippen molar-refractivity contribution in [3.8, 4) is 23.2 Å². The number of rotatable bonds is 2. The number of carbonyl (C=O) groups excluding carboxylic acids is 1. The summed E-state index contributed by atoms with van der Waals surface area (Å²) in [6, 6.07) is 5.59. The van der Waals surface area contributed by atoms with Crippen molar-refractivity contribution < 1.29 is 18.7 Å². The molecule has 9 heteroatoms. The van der Waals surface area contributed by atoms with E-state index in [-0.39, 0.29) is 38.4 Å². The summed E-state index contributed by atoms with van der Waals surface area (Å²) in [5, 5.41) is 8.78. The smallest absolute Gasteiger partial charge is 0.437 e. The van der Waals surface area contributed by atoms with Gasteiger partial charge in [0.15, 0.2) is 5.82 Å². The molecule has 6 nitrogen and oxygen atoms in total. The molecule has 0 spiro atoms. The first-order chi connectivity index (χ1) is 10.9. The standard InChI is InChI=1S/C14H8Cl2FN3O3/c1-22-14(21)23-13-11(16)9(19)4-10(20-13)6-2-3-8(15)7(5-18)12(6)17/h2-4H,1H3,(H2,19,20). The normalized spacial score (nSPS) is 10.0. The first-order valence-corrected chi connectivity index (χ1v) is 6.75. The Labute approximate surface area is 140 Å². The van der Waals surface area contributed by atoms with Crippen molar-refractivity contribution in [1.29, 1.82) is 5.26 Å². The number of nitrogens with zero attached hydrogens (tertiary/aromatic N) is 2. The number of pyridine rings is 1. The van der Waals surface area contributed by atoms with Crippen LogP contribution in [0.3, 0.4) is 0 Å². The van der Waals surface area contributed by atoms with Crippen LogP contribution in [0.4, 0.5) is 14.9 Å². The Morgan fingerprint density at radius 2 is 2.13 bits per heavy atom. The lowest BCUT2D eigenvalue weighted by Crippen LogP contribution is -2.10. The maximum atomic E-state index is 14.4. The van der Waals surface area contributed by atoms with Crippen LogP contribution in [0, 0.1) is 17.1 Å². The highest BCUT2D eigenvalue weighted by molar-refractivity contribution is 6.34. The molecule has 1 heterocycles. The molecule has 0 radical (unpaired) electrons. The van der Waals surface area contributed by atoms with Gasteiger partial charge in [-0.15, -0.1) is 0 Å². The fourth-order valence-electron chi connectivity index (χ4n) is 1.70. The Morgan fingerprint density at radius 1 is 1.43 bits per heavy atom. The Balaban J connectivity index is 2.62. The van der Waals surface area contributed by atoms with Gasteiger partial charge in [0.2, 0.25) is 5.88 Å². The van der Waals surface area contributed by atoms with Gasteiger partial charge in [0.25, 0.3) is 0 Å². The van der Waals surface area contributed by atoms with Gasteiger partial charge in [-0.05, 0) is 18.2 Å². The predicted octanol–water partition coefficient (Wildman–Crippen LogP) is 3.79. The Hall–Kier alpha value is -2.56. The van der Waals surface area contributed by atoms with Crippen molar-refractivity contribution in [3.05, 3.63) is 39.6 Å². The third-order valence-electron chi connectivity index (χ3n) is 2.78. The minimum absolute atomic E-state index is 0.00317. The average Bonchev–Trinajstić information content (AvgIpc) is 2.52. The second-order valence-corrected chi connectivity index (χ2v) is 4.95. The summed E-state index contributed by atoms with van der Waals surface area (Å²) in [4.78, 5) is 15.1. The molecular weight excluding hydrogens is 348 g/mol. The predicted molar refractivity (Wildman–Crippen MR) is 81.8 cm³/mol. The molecule has 0 aliphatic heterocycles. The van der Waals surface area contributed by atoms with Gasteiger partial charge in [-0.2, -0.15) is 5.26 Å². The number of nitrogens with two attached hydrogens (primary N) is 1. The fraction of sp³-hybridized carbons (Fsp3) is 0.0714. The summed E-state index contributed by atoms with van der Waals surface area (Å²) < 4.78 is 23.5. The first kappa shape index (κ1) is 16.8. The quantitative estimate of drug-likeness (QED) is 0.822. The maximum Gasteiger partial charge on any atom is 0.514 e. The summed E-state index contributed by atoms with van der Waals surface area (Å²) in [5.74, 6) is -1.22. The van der Waals surface area contributed by atoms with Gasteiger partial charge < -0.3 is 15.2 Å². The lowest BCUT2D eigenvalue weighted by Gasteiger charge is -2.10. The molecule has 0 saturated heterocycles. The summed E-state index contributed by atoms with van der Waals surface area (Å²) in [6.45, 7) is 0. The molecule has 0 saturated carbocycles. The first-order valence-electron chi connectivity index (χ1n) is 5.99. The SMILES string of the molecule is COC(=O)Oc1nc(-c2ccc(Cl)c(C#N)c2F)cc(N)c1Cl. The molecule has 0 atom stereocenters. The van der Waals surface area contributed by atoms with Crippen LogP contribution in [-0.2, 0) is 4.74 Å². The minimum atomic E-state index is -1.06. The van der Waals surface area contributed by atoms with Crippen molar-refractivity contribution in [2.45, 2.75) is 0 Å². The fourth-order valence-corrected chi connectivity index (χ4v) is 2.03. The van der Waals surface area contributed by atoms with Crippen LogP contribution < -0.4 is 10.5 Å². The zero-order valence-electron chi connectivity index (χ0n) is 11.6. The average molecular weight is 356 g/mol. The second kappa shape index (κ2) is 6.69. The number of hydrogen-bond acceptors (Lipinski definition) is 6. The molecule has 2 N–H and O–H groups in total. The minimum Gasteiger partial charge on any atom is -0.437 e. The van der Waals surface area contributed by atoms with Gasteiger partial charge in [-0.1, -0.05) is 23.2 Å². The summed E-state index contributed by atoms with van der Waals surface area (Å²) >= 11 is 11.6. The summed E-state index contributed by atoms with van der Waals surface area (Å²) in [7, 11) is 1.10. The molecule has 0 bridgehead atoms. The van der Waals surface area contributed by atoms with Crippen LogP contribution >= 0.6 is 23.2 Å². The number of benzene rings is 1. The van der Waals surface area contributed by atoms with Crippen molar-refractivity contribution in [3.63, 3.8) is 0 Å². The van der Waals surface area contributed by atoms with E-state index in [0.29, 0.717) is 0 Å². The number of aromatic nitrogens is 1. The topological polar surface area (TPSA) is 98.2 Å². The van der Waals surface area contributed by atoms with Crippen LogP contribution in [0.25, 0.3) is 11.3 Å². The van der Waals surface area contributed by atoms with Gasteiger partial charge in [-0.25, -0.2) is 14.2 Å². The van der Waals surface area contributed by atoms with Crippen molar-refractivity contribution in [2.24, 2.45) is 0 Å². The van der Waals surface area contributed by atoms with Crippen LogP contribution in [0.15, 0.2) is 18.2 Å². The highest BCUT2D eigenvalue weighted by Gasteiger charge is 2.19. The van der Waals surface area contributed by atoms with Crippen LogP contribution in [0.5, 0.6) is 5.88 Å². The molecule has 23 heavy (non-hydrogen) atoms. The number of carbonyl (C=O) groups is 1. The molecule has 2 rings (SSSR count). The molecule has 1 aromatic carbocycles. The van der Waals surface area contributed by atoms with E-state index in [2.05, 4.69) is 9.72 Å². The number of methoxy groups -OCH3 is 1. The number of anilines is 1. The Bertz CT molecular complexity index is 837. The van der Waals surface area contributed by atoms with Crippen molar-refractivity contribution >= 4 is 35.0 Å². The van der Waals surface area contributed by atoms with E-state index < -0.39 is 12.0 Å². The van der Waals surface area contributed by atoms with Gasteiger partial charge in [0.05, 0.1) is 23.5 Å². The molecule has 2 aromatic rings. The third kappa shape index (κ3) is 3.28. The zero-order valence-corrected chi connectivity index (χ0v) is 13.1. The van der Waals surface area contributed by atoms with Gasteiger partial charge in [-0.3, -0.25) is 0 Å². The van der Waals surface area contributed by atoms with E-state index >= 15 is 0 Å². The highest BCUT2D eigenvalue weighted by atomic mass is 35.5. The van der Waals surface area contributed by atoms with E-state index in [1.165, 1.54) is 18.2 Å². The van der Waals surface area contributed by atoms with E-state index in [0.717, 1.165) is 7.11 Å². The van der Waals surface area contributed by atoms with Crippen molar-refractivity contribution in [1.82, 2.24) is 4.98 Å². The molecule has 118 valence electrons. The number of hydrogen-bond donors (Lipinski definition) is 1. The highest BCUT2D eigenvalue weighted by Crippen LogP contribution is 2.35. The summed E-state index contributed by atoms with van der Waals surface area (Å²) in [5.41, 5.74) is 5.33. The number of ether oxygens (including phenoxy) is 2. The molecule has 1 aromatic heterocycles. The Kier molecular flexibility index (Phi) is 4.89. The third-order valence-corrected chi connectivity index (χ3v) is 3.48. The largest absolute Gasteiger partial charge is 0.514 e. The van der Waals surface area contributed by atoms with Gasteiger partial charge in [0.1, 0.15) is 16.7 Å². The molecule has 0 unspecified atom stereocenters. The van der Waals surface area contributed by atoms with E-state index in [1.54, 1.807) is 6.07 Å². The number of nitrogen functional groups attached to an aromatic ring is 1. The lowest BCUT2D eigenvalue weighted by molar-refractivity contribution is 0.120. The van der Waals surface area contributed by atoms with E-state index in [4.69, 9.17) is 38.9 Å². The molecule has 0 aliphatic rings. The van der Waals surface area contributed by atoms with Gasteiger partial charge in [0, 0.05) is 5.56 Å². The van der Waals surface area contributed by atoms with E-state index in [1.807, 2.05) is 0 Å². The molecular formula is C14H8Cl2FN3O3. The van der Waals surface area contributed by atoms with Crippen LogP contribution in [0.1, 0.15) is 5.56 Å². The van der Waals surface area contributed by atoms with E-state index in [9.17, 15) is 9.18 Å². The maximum absolute atomic E-state index is 14.4. The lowest BCUT2D eigenvalue weighted by atomic mass is 10.1. The molecule has 0 aliphatic carbocycles. The number of halogens is 3. The molecule has 0 fully saturated rings. The Morgan fingerprint density at radius 3 is 2.74 bits per heavy atom. The van der Waals surface area contributed by atoms with Crippen molar-refractivity contribution in [2.75, 3.05) is 12.8 Å². The van der Waals surface area contributed by atoms with Crippen LogP contribution in [-0.4, -0.2) is 18.2 Å². The number of nitriles is 1. The summed E-state index contributed by atoms with van der Waals surface area (Å²) in [6.07, 6.45) is -1.06. The molecule has 0 amide bonds.